The van der Waals surface area contributed by atoms with Crippen LogP contribution in [-0.2, 0) is 17.1 Å². The van der Waals surface area contributed by atoms with Gasteiger partial charge in [0.1, 0.15) is 16.8 Å². The number of H-pyrrole nitrogens is 1. The molecule has 0 atom stereocenters. The lowest BCUT2D eigenvalue weighted by Crippen LogP contribution is -2.14. The van der Waals surface area contributed by atoms with Crippen molar-refractivity contribution in [3.8, 4) is 11.4 Å². The number of sulfonamides is 1. The van der Waals surface area contributed by atoms with E-state index in [9.17, 15) is 12.8 Å². The van der Waals surface area contributed by atoms with E-state index in [1.54, 1.807) is 37.4 Å². The van der Waals surface area contributed by atoms with Crippen LogP contribution in [0.4, 0.5) is 10.1 Å². The fourth-order valence-corrected chi connectivity index (χ4v) is 4.08. The van der Waals surface area contributed by atoms with Crippen LogP contribution < -0.4 is 4.72 Å². The number of rotatable bonds is 4. The minimum absolute atomic E-state index is 0.0173. The molecule has 2 aromatic heterocycles. The molecule has 138 valence electrons. The molecule has 0 aliphatic heterocycles. The van der Waals surface area contributed by atoms with Crippen LogP contribution in [0.15, 0.2) is 53.8 Å². The lowest BCUT2D eigenvalue weighted by Gasteiger charge is -2.06. The molecule has 2 heterocycles. The lowest BCUT2D eigenvalue weighted by molar-refractivity contribution is 0.598. The Kier molecular flexibility index (Phi) is 4.12. The monoisotopic (exact) mass is 405 g/mol. The fourth-order valence-electron chi connectivity index (χ4n) is 2.60. The third kappa shape index (κ3) is 3.26. The third-order valence-corrected chi connectivity index (χ3v) is 5.81. The molecule has 10 heteroatoms. The zero-order chi connectivity index (χ0) is 19.2. The van der Waals surface area contributed by atoms with E-state index in [-0.39, 0.29) is 16.0 Å². The Bertz CT molecular complexity index is 1250. The van der Waals surface area contributed by atoms with E-state index < -0.39 is 10.0 Å². The van der Waals surface area contributed by atoms with Gasteiger partial charge >= 0.3 is 0 Å². The first-order valence-electron chi connectivity index (χ1n) is 7.79. The summed E-state index contributed by atoms with van der Waals surface area (Å²) in [6, 6.07) is 10.8. The Morgan fingerprint density at radius 2 is 1.93 bits per heavy atom. The number of aromatic nitrogens is 4. The van der Waals surface area contributed by atoms with Gasteiger partial charge in [0, 0.05) is 12.6 Å². The first kappa shape index (κ1) is 17.5. The van der Waals surface area contributed by atoms with Gasteiger partial charge in [0.15, 0.2) is 0 Å². The van der Waals surface area contributed by atoms with Crippen LogP contribution in [0.5, 0.6) is 0 Å². The van der Waals surface area contributed by atoms with Gasteiger partial charge in [0.2, 0.25) is 5.03 Å². The molecule has 2 N–H and O–H groups in total. The van der Waals surface area contributed by atoms with Crippen molar-refractivity contribution < 1.29 is 12.8 Å². The first-order valence-corrected chi connectivity index (χ1v) is 9.65. The van der Waals surface area contributed by atoms with E-state index >= 15 is 0 Å². The summed E-state index contributed by atoms with van der Waals surface area (Å²) in [4.78, 5) is 11.4. The van der Waals surface area contributed by atoms with Gasteiger partial charge in [-0.1, -0.05) is 11.6 Å². The summed E-state index contributed by atoms with van der Waals surface area (Å²) in [5.74, 6) is 0.220. The molecule has 0 bridgehead atoms. The molecule has 4 rings (SSSR count). The predicted octanol–water partition coefficient (Wildman–Crippen LogP) is 3.56. The van der Waals surface area contributed by atoms with Crippen LogP contribution in [0, 0.1) is 5.82 Å². The second kappa shape index (κ2) is 6.36. The van der Waals surface area contributed by atoms with Gasteiger partial charge in [-0.25, -0.2) is 14.4 Å². The smallest absolute Gasteiger partial charge is 0.282 e. The first-order chi connectivity index (χ1) is 12.8. The topological polar surface area (TPSA) is 92.7 Å². The normalized spacial score (nSPS) is 11.8. The molecule has 0 aliphatic rings. The summed E-state index contributed by atoms with van der Waals surface area (Å²) < 4.78 is 41.9. The molecule has 0 saturated heterocycles. The van der Waals surface area contributed by atoms with E-state index in [2.05, 4.69) is 19.7 Å². The molecular weight excluding hydrogens is 393 g/mol. The number of aromatic amines is 1. The second-order valence-electron chi connectivity index (χ2n) is 5.88. The van der Waals surface area contributed by atoms with Crippen molar-refractivity contribution in [3.05, 3.63) is 59.8 Å². The van der Waals surface area contributed by atoms with Crippen molar-refractivity contribution in [2.45, 2.75) is 5.03 Å². The summed E-state index contributed by atoms with van der Waals surface area (Å²) >= 11 is 5.98. The second-order valence-corrected chi connectivity index (χ2v) is 7.84. The molecule has 4 aromatic rings. The fraction of sp³-hybridized carbons (Fsp3) is 0.0588. The van der Waals surface area contributed by atoms with Crippen molar-refractivity contribution >= 4 is 38.3 Å². The van der Waals surface area contributed by atoms with Gasteiger partial charge in [0.25, 0.3) is 10.0 Å². The Labute approximate surface area is 158 Å². The SMILES string of the molecule is Cn1cnc(S(=O)(=O)Nc2ccc3nc(-c4ccc(F)cc4)[nH]c3c2)c1Cl. The number of halogens is 2. The Hall–Kier alpha value is -2.91. The standard InChI is InChI=1S/C17H13ClFN5O2S/c1-24-9-20-17(15(24)18)27(25,26)23-12-6-7-13-14(8-12)22-16(21-13)10-2-4-11(19)5-3-10/h2-9,23H,1H3,(H,21,22). The van der Waals surface area contributed by atoms with Crippen molar-refractivity contribution in [2.24, 2.45) is 7.05 Å². The van der Waals surface area contributed by atoms with Gasteiger partial charge in [0.05, 0.1) is 23.0 Å². The maximum absolute atomic E-state index is 13.1. The van der Waals surface area contributed by atoms with Gasteiger partial charge in [-0.2, -0.15) is 8.42 Å². The van der Waals surface area contributed by atoms with E-state index in [0.29, 0.717) is 22.5 Å². The molecule has 27 heavy (non-hydrogen) atoms. The predicted molar refractivity (Wildman–Crippen MR) is 101 cm³/mol. The van der Waals surface area contributed by atoms with Crippen LogP contribution in [0.25, 0.3) is 22.4 Å². The van der Waals surface area contributed by atoms with Crippen LogP contribution in [0.2, 0.25) is 5.15 Å². The maximum Gasteiger partial charge on any atom is 0.282 e. The Morgan fingerprint density at radius 1 is 1.19 bits per heavy atom. The number of fused-ring (bicyclic) bond motifs is 1. The summed E-state index contributed by atoms with van der Waals surface area (Å²) in [5.41, 5.74) is 2.32. The summed E-state index contributed by atoms with van der Waals surface area (Å²) in [5, 5.41) is -0.230. The van der Waals surface area contributed by atoms with Gasteiger partial charge in [-0.15, -0.1) is 0 Å². The largest absolute Gasteiger partial charge is 0.338 e. The molecule has 0 amide bonds. The van der Waals surface area contributed by atoms with E-state index in [1.807, 2.05) is 0 Å². The van der Waals surface area contributed by atoms with Crippen LogP contribution >= 0.6 is 11.6 Å². The van der Waals surface area contributed by atoms with E-state index in [1.165, 1.54) is 23.0 Å². The molecule has 0 aliphatic carbocycles. The minimum atomic E-state index is -3.93. The molecule has 0 unspecified atom stereocenters. The van der Waals surface area contributed by atoms with Crippen LogP contribution in [0.3, 0.4) is 0 Å². The van der Waals surface area contributed by atoms with Crippen molar-refractivity contribution in [3.63, 3.8) is 0 Å². The van der Waals surface area contributed by atoms with Gasteiger partial charge < -0.3 is 9.55 Å². The van der Waals surface area contributed by atoms with Crippen molar-refractivity contribution in [1.29, 1.82) is 0 Å². The zero-order valence-electron chi connectivity index (χ0n) is 13.9. The molecular formula is C17H13ClFN5O2S. The molecule has 7 nitrogen and oxygen atoms in total. The zero-order valence-corrected chi connectivity index (χ0v) is 15.5. The quantitative estimate of drug-likeness (QED) is 0.543. The highest BCUT2D eigenvalue weighted by Gasteiger charge is 2.22. The number of nitrogens with one attached hydrogen (secondary N) is 2. The number of hydrogen-bond donors (Lipinski definition) is 2. The van der Waals surface area contributed by atoms with Crippen LogP contribution in [-0.4, -0.2) is 27.9 Å². The van der Waals surface area contributed by atoms with Crippen molar-refractivity contribution in [2.75, 3.05) is 4.72 Å². The maximum atomic E-state index is 13.1. The Balaban J connectivity index is 1.67. The number of benzene rings is 2. The average Bonchev–Trinajstić information content (AvgIpc) is 3.19. The Morgan fingerprint density at radius 3 is 2.59 bits per heavy atom. The van der Waals surface area contributed by atoms with E-state index in [4.69, 9.17) is 11.6 Å². The number of aryl methyl sites for hydroxylation is 1. The highest BCUT2D eigenvalue weighted by molar-refractivity contribution is 7.92. The van der Waals surface area contributed by atoms with E-state index in [0.717, 1.165) is 5.56 Å². The van der Waals surface area contributed by atoms with Gasteiger partial charge in [-0.3, -0.25) is 4.72 Å². The number of nitrogens with zero attached hydrogens (tertiary/aromatic N) is 3. The van der Waals surface area contributed by atoms with Crippen molar-refractivity contribution in [1.82, 2.24) is 19.5 Å². The number of imidazole rings is 2. The molecule has 0 spiro atoms. The number of anilines is 1. The number of hydrogen-bond acceptors (Lipinski definition) is 4. The lowest BCUT2D eigenvalue weighted by atomic mass is 10.2. The molecule has 0 saturated carbocycles. The summed E-state index contributed by atoms with van der Waals surface area (Å²) in [7, 11) is -2.33. The molecule has 0 fully saturated rings. The summed E-state index contributed by atoms with van der Waals surface area (Å²) in [6.07, 6.45) is 1.32. The highest BCUT2D eigenvalue weighted by atomic mass is 35.5. The average molecular weight is 406 g/mol. The third-order valence-electron chi connectivity index (χ3n) is 3.94. The van der Waals surface area contributed by atoms with Crippen LogP contribution in [0.1, 0.15) is 0 Å². The molecule has 2 aromatic carbocycles. The van der Waals surface area contributed by atoms with Gasteiger partial charge in [-0.05, 0) is 42.5 Å². The highest BCUT2D eigenvalue weighted by Crippen LogP contribution is 2.26. The molecule has 0 radical (unpaired) electrons. The minimum Gasteiger partial charge on any atom is -0.338 e. The summed E-state index contributed by atoms with van der Waals surface area (Å²) in [6.45, 7) is 0.